The summed E-state index contributed by atoms with van der Waals surface area (Å²) >= 11 is 0. The van der Waals surface area contributed by atoms with Gasteiger partial charge in [-0.3, -0.25) is 0 Å². The van der Waals surface area contributed by atoms with E-state index in [1.54, 1.807) is 63.4 Å². The van der Waals surface area contributed by atoms with Crippen LogP contribution in [0.2, 0.25) is 0 Å². The number of hydrogen-bond donors (Lipinski definition) is 1. The van der Waals surface area contributed by atoms with E-state index in [0.29, 0.717) is 28.3 Å². The van der Waals surface area contributed by atoms with Gasteiger partial charge in [0.15, 0.2) is 5.82 Å². The van der Waals surface area contributed by atoms with Gasteiger partial charge in [-0.25, -0.2) is 29.7 Å². The standard InChI is InChI=1S/C28H22F2N8O2/c1-28(2,3)40-27(39)38-22-9-7-17(15-20(22)24(30)37-38)6-8-19-10-13-32-25(35-19)21-11-14-33-26(36-21)34-16-18-5-4-12-31-23(18)29/h4-5,7,9-15H,16H2,1-3H3,(H,33,34,36). The molecule has 0 saturated heterocycles. The average molecular weight is 541 g/mol. The lowest BCUT2D eigenvalue weighted by Gasteiger charge is -2.19. The van der Waals surface area contributed by atoms with E-state index in [1.807, 2.05) is 0 Å². The Morgan fingerprint density at radius 1 is 0.975 bits per heavy atom. The van der Waals surface area contributed by atoms with Gasteiger partial charge in [0.1, 0.15) is 17.0 Å². The molecule has 0 aliphatic carbocycles. The van der Waals surface area contributed by atoms with Crippen LogP contribution in [0.3, 0.4) is 0 Å². The zero-order valence-corrected chi connectivity index (χ0v) is 21.7. The number of nitrogens with zero attached hydrogens (tertiary/aromatic N) is 7. The Morgan fingerprint density at radius 3 is 2.60 bits per heavy atom. The Morgan fingerprint density at radius 2 is 1.80 bits per heavy atom. The predicted octanol–water partition coefficient (Wildman–Crippen LogP) is 4.75. The molecule has 0 unspecified atom stereocenters. The quantitative estimate of drug-likeness (QED) is 0.254. The molecule has 5 rings (SSSR count). The second kappa shape index (κ2) is 10.8. The molecule has 0 aliphatic heterocycles. The maximum atomic E-state index is 14.5. The van der Waals surface area contributed by atoms with Gasteiger partial charge in [0.25, 0.3) is 0 Å². The molecule has 1 aromatic carbocycles. The second-order valence-electron chi connectivity index (χ2n) is 9.50. The van der Waals surface area contributed by atoms with Crippen molar-refractivity contribution in [2.75, 3.05) is 5.32 Å². The number of rotatable bonds is 4. The van der Waals surface area contributed by atoms with Gasteiger partial charge in [-0.2, -0.15) is 13.5 Å². The Labute approximate surface area is 227 Å². The normalized spacial score (nSPS) is 11.1. The SMILES string of the molecule is CC(C)(C)OC(=O)n1nc(F)c2cc(C#Cc3ccnc(-c4ccnc(NCc5cccnc5F)n4)n3)ccc21. The number of hydrogen-bond acceptors (Lipinski definition) is 9. The first-order chi connectivity index (χ1) is 19.2. The van der Waals surface area contributed by atoms with Crippen molar-refractivity contribution >= 4 is 22.9 Å². The minimum absolute atomic E-state index is 0.133. The molecule has 4 heterocycles. The number of aromatic nitrogens is 7. The lowest BCUT2D eigenvalue weighted by atomic mass is 10.1. The first-order valence-corrected chi connectivity index (χ1v) is 12.1. The summed E-state index contributed by atoms with van der Waals surface area (Å²) < 4.78 is 34.5. The Hall–Kier alpha value is -5.31. The number of fused-ring (bicyclic) bond motifs is 1. The third-order valence-corrected chi connectivity index (χ3v) is 5.35. The van der Waals surface area contributed by atoms with Crippen LogP contribution in [0, 0.1) is 23.7 Å². The fraction of sp³-hybridized carbons (Fsp3) is 0.179. The molecule has 0 aliphatic rings. The van der Waals surface area contributed by atoms with Gasteiger partial charge in [0, 0.05) is 36.3 Å². The lowest BCUT2D eigenvalue weighted by molar-refractivity contribution is 0.0519. The minimum Gasteiger partial charge on any atom is -0.442 e. The zero-order chi connectivity index (χ0) is 28.3. The highest BCUT2D eigenvalue weighted by atomic mass is 19.1. The second-order valence-corrected chi connectivity index (χ2v) is 9.50. The maximum Gasteiger partial charge on any atom is 0.435 e. The molecule has 40 heavy (non-hydrogen) atoms. The third-order valence-electron chi connectivity index (χ3n) is 5.35. The van der Waals surface area contributed by atoms with E-state index in [2.05, 4.69) is 47.2 Å². The first kappa shape index (κ1) is 26.3. The molecule has 200 valence electrons. The van der Waals surface area contributed by atoms with Crippen LogP contribution >= 0.6 is 0 Å². The zero-order valence-electron chi connectivity index (χ0n) is 21.7. The van der Waals surface area contributed by atoms with Crippen LogP contribution in [0.4, 0.5) is 19.5 Å². The summed E-state index contributed by atoms with van der Waals surface area (Å²) in [7, 11) is 0. The average Bonchev–Trinajstić information content (AvgIpc) is 3.27. The van der Waals surface area contributed by atoms with Crippen LogP contribution in [0.25, 0.3) is 22.4 Å². The predicted molar refractivity (Wildman–Crippen MR) is 142 cm³/mol. The van der Waals surface area contributed by atoms with Crippen molar-refractivity contribution in [1.29, 1.82) is 0 Å². The van der Waals surface area contributed by atoms with Crippen molar-refractivity contribution in [3.05, 3.63) is 89.8 Å². The molecule has 5 aromatic rings. The summed E-state index contributed by atoms with van der Waals surface area (Å²) in [5.41, 5.74) is 1.22. The highest BCUT2D eigenvalue weighted by Gasteiger charge is 2.22. The van der Waals surface area contributed by atoms with Crippen LogP contribution < -0.4 is 5.32 Å². The van der Waals surface area contributed by atoms with Gasteiger partial charge in [-0.05, 0) is 63.1 Å². The van der Waals surface area contributed by atoms with E-state index in [-0.39, 0.29) is 23.4 Å². The fourth-order valence-corrected chi connectivity index (χ4v) is 3.59. The number of nitrogens with one attached hydrogen (secondary N) is 1. The number of carbonyl (C=O) groups excluding carboxylic acids is 1. The van der Waals surface area contributed by atoms with Crippen molar-refractivity contribution in [3.8, 4) is 23.4 Å². The van der Waals surface area contributed by atoms with Crippen molar-refractivity contribution in [2.24, 2.45) is 0 Å². The van der Waals surface area contributed by atoms with Crippen LogP contribution in [0.5, 0.6) is 0 Å². The summed E-state index contributed by atoms with van der Waals surface area (Å²) in [5, 5.41) is 6.78. The number of ether oxygens (including phenoxy) is 1. The summed E-state index contributed by atoms with van der Waals surface area (Å²) in [4.78, 5) is 33.3. The Kier molecular flexibility index (Phi) is 7.11. The summed E-state index contributed by atoms with van der Waals surface area (Å²) in [6, 6.07) is 11.2. The maximum absolute atomic E-state index is 14.5. The Balaban J connectivity index is 1.35. The smallest absolute Gasteiger partial charge is 0.435 e. The van der Waals surface area contributed by atoms with E-state index in [4.69, 9.17) is 4.74 Å². The number of carbonyl (C=O) groups is 1. The molecule has 1 N–H and O–H groups in total. The molecule has 4 aromatic heterocycles. The van der Waals surface area contributed by atoms with Crippen molar-refractivity contribution in [1.82, 2.24) is 34.7 Å². The van der Waals surface area contributed by atoms with E-state index >= 15 is 0 Å². The van der Waals surface area contributed by atoms with Gasteiger partial charge < -0.3 is 10.1 Å². The topological polar surface area (TPSA) is 121 Å². The molecule has 0 fully saturated rings. The molecule has 10 nitrogen and oxygen atoms in total. The summed E-state index contributed by atoms with van der Waals surface area (Å²) in [6.45, 7) is 5.29. The molecule has 0 bridgehead atoms. The number of halogens is 2. The fourth-order valence-electron chi connectivity index (χ4n) is 3.59. The monoisotopic (exact) mass is 540 g/mol. The molecule has 0 atom stereocenters. The van der Waals surface area contributed by atoms with E-state index in [0.717, 1.165) is 4.68 Å². The van der Waals surface area contributed by atoms with Crippen LogP contribution in [-0.2, 0) is 11.3 Å². The molecular weight excluding hydrogens is 518 g/mol. The van der Waals surface area contributed by atoms with Crippen molar-refractivity contribution < 1.29 is 18.3 Å². The minimum atomic E-state index is -0.812. The molecule has 0 saturated carbocycles. The van der Waals surface area contributed by atoms with E-state index < -0.39 is 23.6 Å². The van der Waals surface area contributed by atoms with Crippen LogP contribution in [0.15, 0.2) is 61.1 Å². The molecule has 12 heteroatoms. The lowest BCUT2D eigenvalue weighted by Crippen LogP contribution is -2.27. The van der Waals surface area contributed by atoms with Crippen molar-refractivity contribution in [2.45, 2.75) is 32.9 Å². The highest BCUT2D eigenvalue weighted by molar-refractivity contribution is 5.89. The van der Waals surface area contributed by atoms with Gasteiger partial charge in [0.2, 0.25) is 17.8 Å². The van der Waals surface area contributed by atoms with Crippen LogP contribution in [0.1, 0.15) is 37.6 Å². The third kappa shape index (κ3) is 6.05. The van der Waals surface area contributed by atoms with Crippen molar-refractivity contribution in [3.63, 3.8) is 0 Å². The van der Waals surface area contributed by atoms with Crippen LogP contribution in [-0.4, -0.2) is 46.4 Å². The van der Waals surface area contributed by atoms with Gasteiger partial charge in [-0.1, -0.05) is 12.0 Å². The van der Waals surface area contributed by atoms with Gasteiger partial charge >= 0.3 is 6.09 Å². The summed E-state index contributed by atoms with van der Waals surface area (Å²) in [6.07, 6.45) is 3.68. The van der Waals surface area contributed by atoms with Gasteiger partial charge in [0.05, 0.1) is 10.9 Å². The van der Waals surface area contributed by atoms with E-state index in [1.165, 1.54) is 18.5 Å². The van der Waals surface area contributed by atoms with E-state index in [9.17, 15) is 13.6 Å². The molecular formula is C28H22F2N8O2. The molecule has 0 radical (unpaired) electrons. The Bertz CT molecular complexity index is 1790. The highest BCUT2D eigenvalue weighted by Crippen LogP contribution is 2.21. The first-order valence-electron chi connectivity index (χ1n) is 12.1. The van der Waals surface area contributed by atoms with Gasteiger partial charge in [-0.15, -0.1) is 5.10 Å². The molecule has 0 spiro atoms. The largest absolute Gasteiger partial charge is 0.442 e. The number of anilines is 1. The number of pyridine rings is 1. The molecule has 0 amide bonds. The number of benzene rings is 1. The summed E-state index contributed by atoms with van der Waals surface area (Å²) in [5.74, 6) is 5.07.